The third-order valence-corrected chi connectivity index (χ3v) is 3.65. The smallest absolute Gasteiger partial charge is 0.233 e. The summed E-state index contributed by atoms with van der Waals surface area (Å²) in [5, 5.41) is 9.13. The molecule has 0 aliphatic carbocycles. The summed E-state index contributed by atoms with van der Waals surface area (Å²) in [6.45, 7) is 1.86. The average Bonchev–Trinajstić information content (AvgIpc) is 2.90. The highest BCUT2D eigenvalue weighted by molar-refractivity contribution is 5.85. The summed E-state index contributed by atoms with van der Waals surface area (Å²) in [6.07, 6.45) is -0.268. The molecular formula is C14H17NO4. The van der Waals surface area contributed by atoms with E-state index in [-0.39, 0.29) is 24.5 Å². The van der Waals surface area contributed by atoms with Crippen LogP contribution in [0.4, 0.5) is 0 Å². The summed E-state index contributed by atoms with van der Waals surface area (Å²) in [5.74, 6) is 0.633. The maximum Gasteiger partial charge on any atom is 0.233 e. The molecule has 0 aromatic heterocycles. The normalized spacial score (nSPS) is 25.8. The number of carbonyl (C=O) groups excluding carboxylic acids is 1. The van der Waals surface area contributed by atoms with Gasteiger partial charge in [-0.1, -0.05) is 18.2 Å². The number of aliphatic hydroxyl groups excluding tert-OH is 1. The van der Waals surface area contributed by atoms with E-state index in [1.807, 2.05) is 24.3 Å². The van der Waals surface area contributed by atoms with Crippen LogP contribution in [0.3, 0.4) is 0 Å². The topological polar surface area (TPSA) is 59.0 Å². The number of morpholine rings is 1. The predicted molar refractivity (Wildman–Crippen MR) is 68.1 cm³/mol. The van der Waals surface area contributed by atoms with Gasteiger partial charge in [0.2, 0.25) is 5.91 Å². The lowest BCUT2D eigenvalue weighted by Gasteiger charge is -2.33. The van der Waals surface area contributed by atoms with E-state index in [2.05, 4.69) is 0 Å². The van der Waals surface area contributed by atoms with Crippen LogP contribution < -0.4 is 4.74 Å². The summed E-state index contributed by atoms with van der Waals surface area (Å²) >= 11 is 0. The van der Waals surface area contributed by atoms with E-state index in [1.165, 1.54) is 0 Å². The summed E-state index contributed by atoms with van der Waals surface area (Å²) in [7, 11) is 0. The Morgan fingerprint density at radius 1 is 1.42 bits per heavy atom. The molecule has 2 unspecified atom stereocenters. The quantitative estimate of drug-likeness (QED) is 0.838. The van der Waals surface area contributed by atoms with Crippen molar-refractivity contribution in [2.24, 2.45) is 0 Å². The van der Waals surface area contributed by atoms with E-state index in [0.717, 1.165) is 11.3 Å². The lowest BCUT2D eigenvalue weighted by molar-refractivity contribution is -0.142. The van der Waals surface area contributed by atoms with Gasteiger partial charge in [-0.05, 0) is 6.07 Å². The third kappa shape index (κ3) is 2.31. The van der Waals surface area contributed by atoms with Crippen molar-refractivity contribution >= 4 is 5.91 Å². The van der Waals surface area contributed by atoms with Crippen LogP contribution in [0.25, 0.3) is 0 Å². The molecule has 1 aromatic rings. The molecule has 2 aliphatic rings. The molecule has 19 heavy (non-hydrogen) atoms. The van der Waals surface area contributed by atoms with E-state index in [0.29, 0.717) is 26.3 Å². The highest BCUT2D eigenvalue weighted by Crippen LogP contribution is 2.34. The number of rotatable bonds is 2. The zero-order valence-electron chi connectivity index (χ0n) is 10.6. The van der Waals surface area contributed by atoms with Gasteiger partial charge < -0.3 is 19.5 Å². The number of hydrogen-bond donors (Lipinski definition) is 1. The number of benzene rings is 1. The lowest BCUT2D eigenvalue weighted by Crippen LogP contribution is -2.48. The lowest BCUT2D eigenvalue weighted by atomic mass is 9.99. The van der Waals surface area contributed by atoms with Gasteiger partial charge in [-0.3, -0.25) is 4.79 Å². The number of aliphatic hydroxyl groups is 1. The first-order valence-corrected chi connectivity index (χ1v) is 6.52. The standard InChI is InChI=1S/C14H17NO4/c16-8-10-7-15(5-6-18-10)14(17)12-9-19-13-4-2-1-3-11(12)13/h1-4,10,12,16H,5-9H2. The number of amides is 1. The number of fused-ring (bicyclic) bond motifs is 1. The molecule has 5 nitrogen and oxygen atoms in total. The fourth-order valence-electron chi connectivity index (χ4n) is 2.62. The first-order valence-electron chi connectivity index (χ1n) is 6.52. The largest absolute Gasteiger partial charge is 0.492 e. The fourth-order valence-corrected chi connectivity index (χ4v) is 2.62. The first kappa shape index (κ1) is 12.4. The minimum Gasteiger partial charge on any atom is -0.492 e. The van der Waals surface area contributed by atoms with Crippen molar-refractivity contribution in [2.75, 3.05) is 32.9 Å². The Morgan fingerprint density at radius 3 is 3.11 bits per heavy atom. The molecule has 0 saturated carbocycles. The van der Waals surface area contributed by atoms with Gasteiger partial charge in [0.25, 0.3) is 0 Å². The van der Waals surface area contributed by atoms with Crippen molar-refractivity contribution in [1.29, 1.82) is 0 Å². The molecule has 102 valence electrons. The molecule has 0 bridgehead atoms. The van der Waals surface area contributed by atoms with Crippen LogP contribution in [-0.4, -0.2) is 54.9 Å². The maximum absolute atomic E-state index is 12.5. The van der Waals surface area contributed by atoms with E-state index in [9.17, 15) is 4.79 Å². The minimum atomic E-state index is -0.268. The molecule has 3 rings (SSSR count). The van der Waals surface area contributed by atoms with Crippen molar-refractivity contribution in [3.8, 4) is 5.75 Å². The van der Waals surface area contributed by atoms with Gasteiger partial charge in [0.05, 0.1) is 19.3 Å². The highest BCUT2D eigenvalue weighted by Gasteiger charge is 2.35. The van der Waals surface area contributed by atoms with Crippen molar-refractivity contribution in [1.82, 2.24) is 4.90 Å². The van der Waals surface area contributed by atoms with E-state index < -0.39 is 0 Å². The number of hydrogen-bond acceptors (Lipinski definition) is 4. The molecule has 1 fully saturated rings. The van der Waals surface area contributed by atoms with Gasteiger partial charge in [-0.2, -0.15) is 0 Å². The molecule has 1 saturated heterocycles. The molecule has 0 radical (unpaired) electrons. The Morgan fingerprint density at radius 2 is 2.26 bits per heavy atom. The van der Waals surface area contributed by atoms with E-state index in [4.69, 9.17) is 14.6 Å². The van der Waals surface area contributed by atoms with Crippen LogP contribution in [0.15, 0.2) is 24.3 Å². The van der Waals surface area contributed by atoms with Gasteiger partial charge >= 0.3 is 0 Å². The van der Waals surface area contributed by atoms with Crippen molar-refractivity contribution in [3.05, 3.63) is 29.8 Å². The summed E-state index contributed by atoms with van der Waals surface area (Å²) in [5.41, 5.74) is 0.958. The zero-order valence-corrected chi connectivity index (χ0v) is 10.6. The van der Waals surface area contributed by atoms with Crippen molar-refractivity contribution in [2.45, 2.75) is 12.0 Å². The summed E-state index contributed by atoms with van der Waals surface area (Å²) in [6, 6.07) is 7.65. The van der Waals surface area contributed by atoms with Gasteiger partial charge in [0.15, 0.2) is 0 Å². The maximum atomic E-state index is 12.5. The Balaban J connectivity index is 1.75. The molecule has 5 heteroatoms. The minimum absolute atomic E-state index is 0.0540. The molecule has 1 amide bonds. The number of para-hydroxylation sites is 1. The van der Waals surface area contributed by atoms with Gasteiger partial charge in [-0.15, -0.1) is 0 Å². The summed E-state index contributed by atoms with van der Waals surface area (Å²) < 4.78 is 10.9. The Bertz CT molecular complexity index is 476. The third-order valence-electron chi connectivity index (χ3n) is 3.65. The van der Waals surface area contributed by atoms with Crippen LogP contribution in [0.1, 0.15) is 11.5 Å². The number of ether oxygens (including phenoxy) is 2. The monoisotopic (exact) mass is 263 g/mol. The van der Waals surface area contributed by atoms with Crippen LogP contribution in [0, 0.1) is 0 Å². The number of carbonyl (C=O) groups is 1. The van der Waals surface area contributed by atoms with Gasteiger partial charge in [-0.25, -0.2) is 0 Å². The fraction of sp³-hybridized carbons (Fsp3) is 0.500. The molecule has 2 atom stereocenters. The first-order chi connectivity index (χ1) is 9.29. The molecule has 2 aliphatic heterocycles. The molecular weight excluding hydrogens is 246 g/mol. The van der Waals surface area contributed by atoms with Crippen LogP contribution in [0.5, 0.6) is 5.75 Å². The Hall–Kier alpha value is -1.59. The second kappa shape index (κ2) is 5.19. The van der Waals surface area contributed by atoms with Gasteiger partial charge in [0.1, 0.15) is 18.3 Å². The second-order valence-corrected chi connectivity index (χ2v) is 4.86. The van der Waals surface area contributed by atoms with Gasteiger partial charge in [0, 0.05) is 18.7 Å². The predicted octanol–water partition coefficient (Wildman–Crippen LogP) is 0.382. The van der Waals surface area contributed by atoms with E-state index in [1.54, 1.807) is 4.90 Å². The Kier molecular flexibility index (Phi) is 3.40. The second-order valence-electron chi connectivity index (χ2n) is 4.86. The average molecular weight is 263 g/mol. The highest BCUT2D eigenvalue weighted by atomic mass is 16.5. The molecule has 1 aromatic carbocycles. The van der Waals surface area contributed by atoms with Crippen molar-refractivity contribution < 1.29 is 19.4 Å². The number of nitrogens with zero attached hydrogens (tertiary/aromatic N) is 1. The van der Waals surface area contributed by atoms with Crippen LogP contribution in [0.2, 0.25) is 0 Å². The van der Waals surface area contributed by atoms with Crippen LogP contribution >= 0.6 is 0 Å². The zero-order chi connectivity index (χ0) is 13.2. The molecule has 0 spiro atoms. The SMILES string of the molecule is O=C(C1COc2ccccc21)N1CCOC(CO)C1. The molecule has 2 heterocycles. The molecule has 1 N–H and O–H groups in total. The Labute approximate surface area is 111 Å². The summed E-state index contributed by atoms with van der Waals surface area (Å²) in [4.78, 5) is 14.3. The van der Waals surface area contributed by atoms with E-state index >= 15 is 0 Å². The van der Waals surface area contributed by atoms with Crippen molar-refractivity contribution in [3.63, 3.8) is 0 Å². The van der Waals surface area contributed by atoms with Crippen LogP contribution in [-0.2, 0) is 9.53 Å².